The molecule has 0 saturated heterocycles. The Labute approximate surface area is 192 Å². The zero-order chi connectivity index (χ0) is 23.8. The molecule has 168 valence electrons. The standard InChI is InChI=1S/C26H17F3N4O/c1-15-13-30-22(12-20(15)26(34)32-17-9-7-16(27)8-10-17)18-5-3-11-33-23(14-31-25(18)33)19-4-2-6-21(28)24(19)29/h2-14H,1H3,(H,32,34). The zero-order valence-electron chi connectivity index (χ0n) is 17.9. The lowest BCUT2D eigenvalue weighted by Crippen LogP contribution is -2.14. The fourth-order valence-corrected chi connectivity index (χ4v) is 3.76. The van der Waals surface area contributed by atoms with Gasteiger partial charge in [0.15, 0.2) is 11.6 Å². The Morgan fingerprint density at radius 1 is 0.912 bits per heavy atom. The topological polar surface area (TPSA) is 59.3 Å². The summed E-state index contributed by atoms with van der Waals surface area (Å²) in [4.78, 5) is 21.8. The molecular formula is C26H17F3N4O. The highest BCUT2D eigenvalue weighted by Crippen LogP contribution is 2.30. The number of pyridine rings is 2. The highest BCUT2D eigenvalue weighted by atomic mass is 19.2. The minimum Gasteiger partial charge on any atom is -0.322 e. The van der Waals surface area contributed by atoms with E-state index in [9.17, 15) is 18.0 Å². The third-order valence-electron chi connectivity index (χ3n) is 5.49. The molecule has 3 heterocycles. The predicted molar refractivity (Wildman–Crippen MR) is 123 cm³/mol. The van der Waals surface area contributed by atoms with Crippen LogP contribution in [0, 0.1) is 24.4 Å². The summed E-state index contributed by atoms with van der Waals surface area (Å²) in [7, 11) is 0. The Kier molecular flexibility index (Phi) is 5.33. The Balaban J connectivity index is 1.55. The van der Waals surface area contributed by atoms with Gasteiger partial charge in [-0.2, -0.15) is 0 Å². The van der Waals surface area contributed by atoms with Crippen LogP contribution in [0.25, 0.3) is 28.2 Å². The molecule has 1 N–H and O–H groups in total. The number of carbonyl (C=O) groups is 1. The molecule has 5 aromatic rings. The fourth-order valence-electron chi connectivity index (χ4n) is 3.76. The third kappa shape index (κ3) is 3.79. The number of nitrogens with one attached hydrogen (secondary N) is 1. The Morgan fingerprint density at radius 2 is 1.68 bits per heavy atom. The molecular weight excluding hydrogens is 441 g/mol. The number of benzene rings is 2. The second-order valence-electron chi connectivity index (χ2n) is 7.71. The Hall–Kier alpha value is -4.46. The van der Waals surface area contributed by atoms with Crippen LogP contribution in [-0.4, -0.2) is 20.3 Å². The van der Waals surface area contributed by atoms with E-state index in [2.05, 4.69) is 15.3 Å². The molecule has 0 aliphatic carbocycles. The summed E-state index contributed by atoms with van der Waals surface area (Å²) in [6.45, 7) is 1.76. The van der Waals surface area contributed by atoms with Crippen LogP contribution in [0.5, 0.6) is 0 Å². The van der Waals surface area contributed by atoms with E-state index >= 15 is 0 Å². The lowest BCUT2D eigenvalue weighted by Gasteiger charge is -2.11. The number of imidazole rings is 1. The lowest BCUT2D eigenvalue weighted by atomic mass is 10.1. The molecule has 0 saturated carbocycles. The maximum Gasteiger partial charge on any atom is 0.256 e. The van der Waals surface area contributed by atoms with E-state index in [-0.39, 0.29) is 11.5 Å². The van der Waals surface area contributed by atoms with Gasteiger partial charge in [0, 0.05) is 34.8 Å². The number of hydrogen-bond donors (Lipinski definition) is 1. The molecule has 0 aliphatic rings. The monoisotopic (exact) mass is 458 g/mol. The number of rotatable bonds is 4. The first-order chi connectivity index (χ1) is 16.4. The normalized spacial score (nSPS) is 11.1. The van der Waals surface area contributed by atoms with Crippen molar-refractivity contribution in [3.63, 3.8) is 0 Å². The van der Waals surface area contributed by atoms with Crippen molar-refractivity contribution in [3.8, 4) is 22.5 Å². The highest BCUT2D eigenvalue weighted by Gasteiger charge is 2.18. The molecule has 5 rings (SSSR count). The van der Waals surface area contributed by atoms with Crippen molar-refractivity contribution in [1.29, 1.82) is 0 Å². The number of anilines is 1. The van der Waals surface area contributed by atoms with Gasteiger partial charge in [-0.05, 0) is 67.1 Å². The van der Waals surface area contributed by atoms with Gasteiger partial charge in [-0.15, -0.1) is 0 Å². The molecule has 0 fully saturated rings. The molecule has 0 atom stereocenters. The Morgan fingerprint density at radius 3 is 2.47 bits per heavy atom. The van der Waals surface area contributed by atoms with E-state index < -0.39 is 17.5 Å². The molecule has 0 spiro atoms. The van der Waals surface area contributed by atoms with Crippen molar-refractivity contribution in [2.24, 2.45) is 0 Å². The number of halogens is 3. The van der Waals surface area contributed by atoms with E-state index in [0.717, 1.165) is 6.07 Å². The van der Waals surface area contributed by atoms with Crippen LogP contribution in [0.3, 0.4) is 0 Å². The summed E-state index contributed by atoms with van der Waals surface area (Å²) in [5.74, 6) is -2.67. The first-order valence-electron chi connectivity index (χ1n) is 10.4. The number of aryl methyl sites for hydroxylation is 1. The summed E-state index contributed by atoms with van der Waals surface area (Å²) < 4.78 is 43.0. The second kappa shape index (κ2) is 8.47. The largest absolute Gasteiger partial charge is 0.322 e. The summed E-state index contributed by atoms with van der Waals surface area (Å²) in [5, 5.41) is 2.75. The quantitative estimate of drug-likeness (QED) is 0.357. The van der Waals surface area contributed by atoms with Crippen LogP contribution in [0.4, 0.5) is 18.9 Å². The van der Waals surface area contributed by atoms with Gasteiger partial charge in [-0.1, -0.05) is 6.07 Å². The van der Waals surface area contributed by atoms with Gasteiger partial charge in [0.05, 0.1) is 17.6 Å². The van der Waals surface area contributed by atoms with Crippen molar-refractivity contribution in [1.82, 2.24) is 14.4 Å². The van der Waals surface area contributed by atoms with Crippen molar-refractivity contribution < 1.29 is 18.0 Å². The van der Waals surface area contributed by atoms with Crippen LogP contribution in [0.2, 0.25) is 0 Å². The van der Waals surface area contributed by atoms with Gasteiger partial charge in [0.25, 0.3) is 5.91 Å². The fraction of sp³-hybridized carbons (Fsp3) is 0.0385. The lowest BCUT2D eigenvalue weighted by molar-refractivity contribution is 0.102. The molecule has 0 bridgehead atoms. The SMILES string of the molecule is Cc1cnc(-c2cccn3c(-c4cccc(F)c4F)cnc23)cc1C(=O)Nc1ccc(F)cc1. The van der Waals surface area contributed by atoms with Crippen molar-refractivity contribution >= 4 is 17.2 Å². The van der Waals surface area contributed by atoms with Gasteiger partial charge in [0.2, 0.25) is 0 Å². The second-order valence-corrected chi connectivity index (χ2v) is 7.71. The molecule has 8 heteroatoms. The summed E-state index contributed by atoms with van der Waals surface area (Å²) in [5.41, 5.74) is 3.54. The molecule has 3 aromatic heterocycles. The predicted octanol–water partition coefficient (Wildman–Crippen LogP) is 6.04. The maximum atomic E-state index is 14.4. The first kappa shape index (κ1) is 21.4. The van der Waals surface area contributed by atoms with E-state index in [1.54, 1.807) is 41.9 Å². The number of amides is 1. The van der Waals surface area contributed by atoms with Crippen LogP contribution < -0.4 is 5.32 Å². The maximum absolute atomic E-state index is 14.4. The average molecular weight is 458 g/mol. The van der Waals surface area contributed by atoms with Crippen molar-refractivity contribution in [2.45, 2.75) is 6.92 Å². The van der Waals surface area contributed by atoms with Crippen molar-refractivity contribution in [3.05, 3.63) is 108 Å². The summed E-state index contributed by atoms with van der Waals surface area (Å²) >= 11 is 0. The van der Waals surface area contributed by atoms with Gasteiger partial charge in [-0.3, -0.25) is 14.2 Å². The van der Waals surface area contributed by atoms with E-state index in [1.165, 1.54) is 42.6 Å². The highest BCUT2D eigenvalue weighted by molar-refractivity contribution is 6.06. The van der Waals surface area contributed by atoms with E-state index in [4.69, 9.17) is 0 Å². The molecule has 34 heavy (non-hydrogen) atoms. The minimum absolute atomic E-state index is 0.0841. The van der Waals surface area contributed by atoms with E-state index in [0.29, 0.717) is 39.4 Å². The molecule has 0 unspecified atom stereocenters. The van der Waals surface area contributed by atoms with Gasteiger partial charge < -0.3 is 5.32 Å². The number of aromatic nitrogens is 3. The minimum atomic E-state index is -0.956. The van der Waals surface area contributed by atoms with Crippen LogP contribution in [0.1, 0.15) is 15.9 Å². The molecule has 0 aliphatic heterocycles. The van der Waals surface area contributed by atoms with Gasteiger partial charge in [0.1, 0.15) is 11.5 Å². The van der Waals surface area contributed by atoms with Crippen LogP contribution in [-0.2, 0) is 0 Å². The summed E-state index contributed by atoms with van der Waals surface area (Å²) in [6.07, 6.45) is 4.74. The van der Waals surface area contributed by atoms with Crippen LogP contribution in [0.15, 0.2) is 79.3 Å². The molecule has 2 aromatic carbocycles. The Bertz CT molecular complexity index is 1540. The number of nitrogens with zero attached hydrogens (tertiary/aromatic N) is 3. The van der Waals surface area contributed by atoms with Gasteiger partial charge in [-0.25, -0.2) is 18.2 Å². The third-order valence-corrected chi connectivity index (χ3v) is 5.49. The number of hydrogen-bond acceptors (Lipinski definition) is 3. The molecule has 0 radical (unpaired) electrons. The first-order valence-corrected chi connectivity index (χ1v) is 10.4. The molecule has 1 amide bonds. The average Bonchev–Trinajstić information content (AvgIpc) is 3.27. The smallest absolute Gasteiger partial charge is 0.256 e. The van der Waals surface area contributed by atoms with E-state index in [1.807, 2.05) is 0 Å². The number of carbonyl (C=O) groups excluding carboxylic acids is 1. The zero-order valence-corrected chi connectivity index (χ0v) is 17.9. The van der Waals surface area contributed by atoms with Crippen molar-refractivity contribution in [2.75, 3.05) is 5.32 Å². The molecule has 5 nitrogen and oxygen atoms in total. The summed E-state index contributed by atoms with van der Waals surface area (Å²) in [6, 6.07) is 14.6. The van der Waals surface area contributed by atoms with Crippen LogP contribution >= 0.6 is 0 Å². The van der Waals surface area contributed by atoms with Gasteiger partial charge >= 0.3 is 0 Å². The number of fused-ring (bicyclic) bond motifs is 1.